The summed E-state index contributed by atoms with van der Waals surface area (Å²) in [5, 5.41) is 0.953. The predicted molar refractivity (Wildman–Crippen MR) is 42.5 cm³/mol. The van der Waals surface area contributed by atoms with Crippen LogP contribution in [0.25, 0.3) is 10.9 Å². The van der Waals surface area contributed by atoms with Crippen LogP contribution in [-0.2, 0) is 32.7 Å². The van der Waals surface area contributed by atoms with E-state index >= 15 is 0 Å². The Morgan fingerprint density at radius 2 is 2.15 bits per heavy atom. The molecular formula is C9H6AmNOY-. The molecule has 2 nitrogen and oxygen atoms in total. The van der Waals surface area contributed by atoms with Crippen LogP contribution in [0.4, 0.5) is 0 Å². The van der Waals surface area contributed by atoms with Gasteiger partial charge in [-0.15, -0.1) is 0 Å². The molecule has 1 aromatic heterocycles. The van der Waals surface area contributed by atoms with Crippen LogP contribution >= 0.6 is 0 Å². The van der Waals surface area contributed by atoms with Crippen LogP contribution in [0.2, 0.25) is 0 Å². The number of H-pyrrole nitrogens is 1. The van der Waals surface area contributed by atoms with E-state index in [-0.39, 0.29) is 47.0 Å². The summed E-state index contributed by atoms with van der Waals surface area (Å²) in [4.78, 5) is 13.3. The van der Waals surface area contributed by atoms with E-state index in [9.17, 15) is 4.79 Å². The summed E-state index contributed by atoms with van der Waals surface area (Å²) in [7, 11) is 0. The maximum absolute atomic E-state index is 10.3. The standard InChI is InChI=1S/C9H6NO.Am.Y/c11-6-7-1-2-9-8(5-7)3-4-10-9;;/h1-2,4-6,10H;;/q-1;;. The Morgan fingerprint density at radius 3 is 2.85 bits per heavy atom. The molecule has 0 spiro atoms. The Kier molecular flexibility index (Phi) is 5.58. The van der Waals surface area contributed by atoms with Gasteiger partial charge in [-0.25, -0.2) is 0 Å². The molecule has 0 aliphatic rings. The SMILES string of the molecule is O=Cc1ccc2[nH]c[c-]c2c1.[Am].[Y]. The first kappa shape index (κ1) is 12.9. The Balaban J connectivity index is 0.000000720. The molecule has 0 saturated carbocycles. The van der Waals surface area contributed by atoms with Crippen LogP contribution in [-0.4, -0.2) is 11.3 Å². The Hall–Kier alpha value is -0.0765. The number of carbonyl (C=O) groups excluding carboxylic acids is 1. The fraction of sp³-hybridized carbons (Fsp3) is 0. The van der Waals surface area contributed by atoms with Gasteiger partial charge in [-0.3, -0.25) is 4.79 Å². The van der Waals surface area contributed by atoms with Crippen molar-refractivity contribution in [2.24, 2.45) is 0 Å². The van der Waals surface area contributed by atoms with Gasteiger partial charge in [-0.2, -0.15) is 17.5 Å². The van der Waals surface area contributed by atoms with E-state index in [1.165, 1.54) is 0 Å². The number of aldehydes is 1. The minimum atomic E-state index is 0. The monoisotopic (exact) mass is 474 g/mol. The summed E-state index contributed by atoms with van der Waals surface area (Å²) in [5.74, 6) is 0. The molecule has 0 fully saturated rings. The summed E-state index contributed by atoms with van der Waals surface area (Å²) in [6.45, 7) is 0. The van der Waals surface area contributed by atoms with Crippen molar-refractivity contribution in [3.8, 4) is 0 Å². The number of rotatable bonds is 1. The normalized spacial score (nSPS) is 8.62. The van der Waals surface area contributed by atoms with Gasteiger partial charge in [0.05, 0.1) is 0 Å². The zero-order valence-electron chi connectivity index (χ0n) is 6.75. The molecule has 13 heavy (non-hydrogen) atoms. The summed E-state index contributed by atoms with van der Waals surface area (Å²) < 4.78 is 0. The molecule has 4 heteroatoms. The van der Waals surface area contributed by atoms with Crippen LogP contribution in [0.15, 0.2) is 24.4 Å². The number of hydrogen-bond acceptors (Lipinski definition) is 1. The summed E-state index contributed by atoms with van der Waals surface area (Å²) in [6, 6.07) is 8.43. The molecule has 1 N–H and O–H groups in total. The van der Waals surface area contributed by atoms with Gasteiger partial charge in [0.2, 0.25) is 0 Å². The molecule has 2 aromatic rings. The van der Waals surface area contributed by atoms with Crippen molar-refractivity contribution in [3.63, 3.8) is 0 Å². The van der Waals surface area contributed by atoms with Crippen LogP contribution in [0.5, 0.6) is 0 Å². The van der Waals surface area contributed by atoms with Gasteiger partial charge >= 0.3 is 0 Å². The van der Waals surface area contributed by atoms with Gasteiger partial charge in [0, 0.05) is 47.0 Å². The number of nitrogens with one attached hydrogen (secondary N) is 1. The molecule has 0 unspecified atom stereocenters. The van der Waals surface area contributed by atoms with Gasteiger partial charge in [-0.05, 0) is 5.56 Å². The number of carbonyl (C=O) groups is 1. The van der Waals surface area contributed by atoms with E-state index in [0.29, 0.717) is 5.56 Å². The van der Waals surface area contributed by atoms with Gasteiger partial charge in [0.1, 0.15) is 6.29 Å². The van der Waals surface area contributed by atoms with Crippen molar-refractivity contribution in [1.29, 1.82) is 0 Å². The van der Waals surface area contributed by atoms with Crippen molar-refractivity contribution in [2.45, 2.75) is 0 Å². The molecule has 0 aliphatic carbocycles. The molecule has 0 atom stereocenters. The molecule has 2 rings (SSSR count). The molecule has 1 heterocycles. The summed E-state index contributed by atoms with van der Waals surface area (Å²) >= 11 is 0. The molecule has 0 bridgehead atoms. The molecule has 1 aromatic carbocycles. The quantitative estimate of drug-likeness (QED) is 0.495. The third-order valence-corrected chi connectivity index (χ3v) is 1.64. The van der Waals surface area contributed by atoms with E-state index in [0.717, 1.165) is 17.2 Å². The maximum Gasteiger partial charge on any atom is 0.137 e. The zero-order chi connectivity index (χ0) is 7.68. The van der Waals surface area contributed by atoms with Crippen molar-refractivity contribution < 1.29 is 51.8 Å². The van der Waals surface area contributed by atoms with Crippen molar-refractivity contribution in [1.82, 2.24) is 4.98 Å². The van der Waals surface area contributed by atoms with Gasteiger partial charge in [0.15, 0.2) is 0 Å². The third kappa shape index (κ3) is 2.68. The minimum Gasteiger partial charge on any atom is -0.424 e. The van der Waals surface area contributed by atoms with Crippen molar-refractivity contribution >= 4 is 17.2 Å². The largest absolute Gasteiger partial charge is 0.424 e. The average Bonchev–Trinajstić information content (AvgIpc) is 2.50. The fourth-order valence-corrected chi connectivity index (χ4v) is 1.07. The maximum atomic E-state index is 10.3. The summed E-state index contributed by atoms with van der Waals surface area (Å²) in [6.07, 6.45) is 2.57. The number of benzene rings is 1. The molecule has 0 amide bonds. The molecular weight excluding hydrogens is 470 g/mol. The molecule has 2 radical (unpaired) electrons. The second kappa shape index (κ2) is 5.61. The van der Waals surface area contributed by atoms with E-state index in [1.54, 1.807) is 18.3 Å². The molecule has 64 valence electrons. The Labute approximate surface area is 109 Å². The average molecular weight is 476 g/mol. The second-order valence-electron chi connectivity index (χ2n) is 2.36. The minimum absolute atomic E-state index is 0. The second-order valence-corrected chi connectivity index (χ2v) is 2.36. The van der Waals surface area contributed by atoms with Gasteiger partial charge in [0.25, 0.3) is 0 Å². The predicted octanol–water partition coefficient (Wildman–Crippen LogP) is 1.78. The molecule has 0 saturated heterocycles. The smallest absolute Gasteiger partial charge is 0.137 e. The Morgan fingerprint density at radius 1 is 1.38 bits per heavy atom. The number of aromatic amines is 1. The van der Waals surface area contributed by atoms with E-state index in [1.807, 2.05) is 6.07 Å². The van der Waals surface area contributed by atoms with Crippen LogP contribution in [0.3, 0.4) is 0 Å². The van der Waals surface area contributed by atoms with E-state index in [4.69, 9.17) is 0 Å². The third-order valence-electron chi connectivity index (χ3n) is 1.64. The number of fused-ring (bicyclic) bond motifs is 1. The molecule has 0 aliphatic heterocycles. The fourth-order valence-electron chi connectivity index (χ4n) is 1.07. The Bertz CT molecular complexity index is 399. The van der Waals surface area contributed by atoms with Crippen LogP contribution < -0.4 is 0 Å². The topological polar surface area (TPSA) is 32.9 Å². The van der Waals surface area contributed by atoms with E-state index in [2.05, 4.69) is 11.1 Å². The first-order valence-corrected chi connectivity index (χ1v) is 3.34. The first-order chi connectivity index (χ1) is 5.40. The van der Waals surface area contributed by atoms with E-state index < -0.39 is 0 Å². The van der Waals surface area contributed by atoms with Crippen LogP contribution in [0.1, 0.15) is 10.4 Å². The van der Waals surface area contributed by atoms with Crippen LogP contribution in [0, 0.1) is 20.3 Å². The zero-order valence-corrected chi connectivity index (χ0v) is 12.7. The first-order valence-electron chi connectivity index (χ1n) is 3.34. The number of hydrogen-bond donors (Lipinski definition) is 1. The van der Waals surface area contributed by atoms with Gasteiger partial charge in [-0.1, -0.05) is 23.8 Å². The van der Waals surface area contributed by atoms with Crippen molar-refractivity contribution in [3.05, 3.63) is 36.0 Å². The number of aromatic nitrogens is 1. The van der Waals surface area contributed by atoms with Crippen molar-refractivity contribution in [2.75, 3.05) is 0 Å². The van der Waals surface area contributed by atoms with Gasteiger partial charge < -0.3 is 4.98 Å². The summed E-state index contributed by atoms with van der Waals surface area (Å²) in [5.41, 5.74) is 1.70.